The number of benzene rings is 2. The Morgan fingerprint density at radius 3 is 2.63 bits per heavy atom. The number of carbonyl (C=O) groups is 2. The summed E-state index contributed by atoms with van der Waals surface area (Å²) in [5.74, 6) is 0.733. The first-order valence-electron chi connectivity index (χ1n) is 10.3. The van der Waals surface area contributed by atoms with Crippen LogP contribution in [-0.2, 0) is 28.1 Å². The molecule has 3 heterocycles. The van der Waals surface area contributed by atoms with Crippen molar-refractivity contribution in [2.45, 2.75) is 32.4 Å². The van der Waals surface area contributed by atoms with Gasteiger partial charge in [-0.2, -0.15) is 0 Å². The zero-order valence-electron chi connectivity index (χ0n) is 17.5. The average Bonchev–Trinajstić information content (AvgIpc) is 3.12. The summed E-state index contributed by atoms with van der Waals surface area (Å²) in [7, 11) is 1.65. The number of fused-ring (bicyclic) bond motifs is 5. The van der Waals surface area contributed by atoms with Crippen molar-refractivity contribution >= 4 is 22.7 Å². The number of methoxy groups -OCH3 is 1. The van der Waals surface area contributed by atoms with Crippen LogP contribution in [0.5, 0.6) is 5.75 Å². The van der Waals surface area contributed by atoms with Crippen molar-refractivity contribution in [1.29, 1.82) is 0 Å². The molecule has 0 radical (unpaired) electrons. The first-order chi connectivity index (χ1) is 14.4. The fraction of sp³-hybridized carbons (Fsp3) is 0.333. The van der Waals surface area contributed by atoms with E-state index in [1.807, 2.05) is 56.3 Å². The molecule has 5 rings (SSSR count). The number of hydrogen-bond donors (Lipinski definition) is 1. The minimum Gasteiger partial charge on any atom is -0.497 e. The topological polar surface area (TPSA) is 65.6 Å². The first kappa shape index (κ1) is 18.7. The standard InChI is InChI=1S/C24H25N3O3/c1-15-4-6-16(7-5-15)13-26-14-21(28)27-11-10-18-19-12-17(30-3)8-9-20(19)25-22(18)24(27,2)23(26)29/h4-9,12,25H,10-11,13-14H2,1-3H3/t24-/m1/s1. The van der Waals surface area contributed by atoms with Gasteiger partial charge in [-0.15, -0.1) is 0 Å². The Balaban J connectivity index is 1.58. The number of hydrogen-bond acceptors (Lipinski definition) is 3. The highest BCUT2D eigenvalue weighted by Crippen LogP contribution is 2.42. The Kier molecular flexibility index (Phi) is 4.13. The van der Waals surface area contributed by atoms with Crippen LogP contribution in [0.2, 0.25) is 0 Å². The molecule has 0 bridgehead atoms. The van der Waals surface area contributed by atoms with Gasteiger partial charge in [-0.3, -0.25) is 9.59 Å². The van der Waals surface area contributed by atoms with Gasteiger partial charge in [-0.05, 0) is 49.6 Å². The molecule has 154 valence electrons. The summed E-state index contributed by atoms with van der Waals surface area (Å²) in [6.45, 7) is 4.99. The molecule has 2 amide bonds. The SMILES string of the molecule is COc1ccc2[nH]c3c(c2c1)CCN1C(=O)CN(Cc2ccc(C)cc2)C(=O)[C@@]31C. The lowest BCUT2D eigenvalue weighted by atomic mass is 9.83. The summed E-state index contributed by atoms with van der Waals surface area (Å²) >= 11 is 0. The van der Waals surface area contributed by atoms with E-state index in [0.29, 0.717) is 13.1 Å². The summed E-state index contributed by atoms with van der Waals surface area (Å²) in [6.07, 6.45) is 0.717. The van der Waals surface area contributed by atoms with Crippen molar-refractivity contribution in [2.75, 3.05) is 20.2 Å². The summed E-state index contributed by atoms with van der Waals surface area (Å²) in [4.78, 5) is 33.7. The van der Waals surface area contributed by atoms with E-state index >= 15 is 0 Å². The van der Waals surface area contributed by atoms with E-state index < -0.39 is 5.54 Å². The molecule has 6 heteroatoms. The van der Waals surface area contributed by atoms with Gasteiger partial charge in [0.15, 0.2) is 5.54 Å². The maximum atomic E-state index is 13.7. The number of amides is 2. The monoisotopic (exact) mass is 403 g/mol. The van der Waals surface area contributed by atoms with E-state index in [1.165, 1.54) is 5.56 Å². The van der Waals surface area contributed by atoms with Crippen LogP contribution in [0.4, 0.5) is 0 Å². The molecular weight excluding hydrogens is 378 g/mol. The van der Waals surface area contributed by atoms with Gasteiger partial charge in [0.2, 0.25) is 5.91 Å². The Labute approximate surface area is 175 Å². The fourth-order valence-electron chi connectivity index (χ4n) is 4.88. The van der Waals surface area contributed by atoms with Gasteiger partial charge < -0.3 is 19.5 Å². The van der Waals surface area contributed by atoms with Gasteiger partial charge in [-0.1, -0.05) is 29.8 Å². The molecule has 0 aliphatic carbocycles. The highest BCUT2D eigenvalue weighted by molar-refractivity contribution is 6.00. The molecule has 1 N–H and O–H groups in total. The van der Waals surface area contributed by atoms with Gasteiger partial charge in [0.05, 0.1) is 12.8 Å². The predicted molar refractivity (Wildman–Crippen MR) is 114 cm³/mol. The van der Waals surface area contributed by atoms with Crippen molar-refractivity contribution < 1.29 is 14.3 Å². The number of rotatable bonds is 3. The van der Waals surface area contributed by atoms with Crippen LogP contribution in [0.25, 0.3) is 10.9 Å². The smallest absolute Gasteiger partial charge is 0.255 e. The van der Waals surface area contributed by atoms with Gasteiger partial charge in [0.1, 0.15) is 12.3 Å². The lowest BCUT2D eigenvalue weighted by Crippen LogP contribution is -2.66. The lowest BCUT2D eigenvalue weighted by molar-refractivity contribution is -0.166. The predicted octanol–water partition coefficient (Wildman–Crippen LogP) is 3.13. The molecule has 1 aromatic heterocycles. The van der Waals surface area contributed by atoms with Crippen LogP contribution < -0.4 is 4.74 Å². The number of carbonyl (C=O) groups excluding carboxylic acids is 2. The van der Waals surface area contributed by atoms with Crippen LogP contribution in [0.15, 0.2) is 42.5 Å². The van der Waals surface area contributed by atoms with Crippen LogP contribution in [0.1, 0.15) is 29.3 Å². The number of piperazine rings is 1. The second kappa shape index (κ2) is 6.62. The second-order valence-corrected chi connectivity index (χ2v) is 8.40. The largest absolute Gasteiger partial charge is 0.497 e. The van der Waals surface area contributed by atoms with E-state index in [9.17, 15) is 9.59 Å². The molecule has 6 nitrogen and oxygen atoms in total. The first-order valence-corrected chi connectivity index (χ1v) is 10.3. The molecule has 3 aromatic rings. The van der Waals surface area contributed by atoms with Crippen LogP contribution in [0, 0.1) is 6.92 Å². The molecule has 0 unspecified atom stereocenters. The zero-order chi connectivity index (χ0) is 21.0. The molecule has 30 heavy (non-hydrogen) atoms. The molecular formula is C24H25N3O3. The maximum Gasteiger partial charge on any atom is 0.255 e. The third-order valence-corrected chi connectivity index (χ3v) is 6.55. The Bertz CT molecular complexity index is 1160. The Hall–Kier alpha value is -3.28. The van der Waals surface area contributed by atoms with E-state index in [1.54, 1.807) is 16.9 Å². The molecule has 0 saturated carbocycles. The average molecular weight is 403 g/mol. The molecule has 1 saturated heterocycles. The minimum absolute atomic E-state index is 0.00824. The Morgan fingerprint density at radius 2 is 1.90 bits per heavy atom. The second-order valence-electron chi connectivity index (χ2n) is 8.40. The van der Waals surface area contributed by atoms with Crippen molar-refractivity contribution in [3.8, 4) is 5.75 Å². The number of aromatic amines is 1. The number of aryl methyl sites for hydroxylation is 1. The van der Waals surface area contributed by atoms with E-state index in [-0.39, 0.29) is 18.4 Å². The summed E-state index contributed by atoms with van der Waals surface area (Å²) in [5.41, 5.74) is 4.05. The van der Waals surface area contributed by atoms with Gasteiger partial charge in [-0.25, -0.2) is 0 Å². The van der Waals surface area contributed by atoms with Crippen molar-refractivity contribution in [3.05, 3.63) is 64.8 Å². The summed E-state index contributed by atoms with van der Waals surface area (Å²) in [5, 5.41) is 1.06. The third kappa shape index (κ3) is 2.63. The fourth-order valence-corrected chi connectivity index (χ4v) is 4.88. The third-order valence-electron chi connectivity index (χ3n) is 6.55. The number of nitrogens with zero attached hydrogens (tertiary/aromatic N) is 2. The molecule has 1 atom stereocenters. The number of aromatic nitrogens is 1. The molecule has 0 spiro atoms. The van der Waals surface area contributed by atoms with Crippen molar-refractivity contribution in [2.24, 2.45) is 0 Å². The molecule has 1 fully saturated rings. The lowest BCUT2D eigenvalue weighted by Gasteiger charge is -2.49. The number of nitrogens with one attached hydrogen (secondary N) is 1. The summed E-state index contributed by atoms with van der Waals surface area (Å²) < 4.78 is 5.39. The Morgan fingerprint density at radius 1 is 1.13 bits per heavy atom. The zero-order valence-corrected chi connectivity index (χ0v) is 17.5. The van der Waals surface area contributed by atoms with Crippen molar-refractivity contribution in [1.82, 2.24) is 14.8 Å². The van der Waals surface area contributed by atoms with E-state index in [4.69, 9.17) is 4.74 Å². The normalized spacial score (nSPS) is 21.0. The number of ether oxygens (including phenoxy) is 1. The molecule has 2 aromatic carbocycles. The minimum atomic E-state index is -1.03. The van der Waals surface area contributed by atoms with Crippen LogP contribution in [0.3, 0.4) is 0 Å². The maximum absolute atomic E-state index is 13.7. The highest BCUT2D eigenvalue weighted by atomic mass is 16.5. The van der Waals surface area contributed by atoms with Gasteiger partial charge in [0.25, 0.3) is 5.91 Å². The quantitative estimate of drug-likeness (QED) is 0.731. The highest BCUT2D eigenvalue weighted by Gasteiger charge is 2.54. The van der Waals surface area contributed by atoms with E-state index in [2.05, 4.69) is 4.98 Å². The summed E-state index contributed by atoms with van der Waals surface area (Å²) in [6, 6.07) is 14.0. The molecule has 2 aliphatic rings. The van der Waals surface area contributed by atoms with Gasteiger partial charge >= 0.3 is 0 Å². The van der Waals surface area contributed by atoms with Crippen LogP contribution in [-0.4, -0.2) is 46.8 Å². The van der Waals surface area contributed by atoms with Crippen LogP contribution >= 0.6 is 0 Å². The van der Waals surface area contributed by atoms with E-state index in [0.717, 1.165) is 39.9 Å². The number of H-pyrrole nitrogens is 1. The molecule has 2 aliphatic heterocycles. The van der Waals surface area contributed by atoms with Gasteiger partial charge in [0, 0.05) is 24.0 Å². The van der Waals surface area contributed by atoms with Crippen molar-refractivity contribution in [3.63, 3.8) is 0 Å².